The summed E-state index contributed by atoms with van der Waals surface area (Å²) >= 11 is 0. The summed E-state index contributed by atoms with van der Waals surface area (Å²) in [6.07, 6.45) is -3.40. The van der Waals surface area contributed by atoms with Crippen molar-refractivity contribution < 1.29 is 23.4 Å². The van der Waals surface area contributed by atoms with E-state index in [0.29, 0.717) is 0 Å². The molecule has 0 fully saturated rings. The van der Waals surface area contributed by atoms with Crippen LogP contribution in [0.2, 0.25) is 0 Å². The number of carboxylic acid groups (broad SMARTS) is 1. The van der Waals surface area contributed by atoms with Crippen LogP contribution in [0.1, 0.15) is 23.2 Å². The fourth-order valence-electron chi connectivity index (χ4n) is 1.27. The molecule has 0 radical (unpaired) electrons. The summed E-state index contributed by atoms with van der Waals surface area (Å²) in [6, 6.07) is 2.59. The van der Waals surface area contributed by atoms with Crippen LogP contribution in [0.25, 0.3) is 0 Å². The number of aliphatic carboxylic acids is 1. The minimum absolute atomic E-state index is 0.0397. The van der Waals surface area contributed by atoms with Crippen LogP contribution < -0.4 is 4.74 Å². The largest absolute Gasteiger partial charge is 0.481 e. The third-order valence-corrected chi connectivity index (χ3v) is 1.96. The van der Waals surface area contributed by atoms with Gasteiger partial charge in [0.2, 0.25) is 5.88 Å². The van der Waals surface area contributed by atoms with Crippen LogP contribution in [0.3, 0.4) is 0 Å². The number of aromatic nitrogens is 1. The predicted molar refractivity (Wildman–Crippen MR) is 51.8 cm³/mol. The maximum Gasteiger partial charge on any atom is 0.307 e. The van der Waals surface area contributed by atoms with Crippen LogP contribution in [-0.4, -0.2) is 23.2 Å². The Morgan fingerprint density at radius 2 is 2.35 bits per heavy atom. The van der Waals surface area contributed by atoms with E-state index in [0.717, 1.165) is 6.07 Å². The minimum Gasteiger partial charge on any atom is -0.481 e. The van der Waals surface area contributed by atoms with Gasteiger partial charge in [0.15, 0.2) is 0 Å². The lowest BCUT2D eigenvalue weighted by molar-refractivity contribution is -0.136. The molecule has 1 aromatic heterocycles. The number of nitriles is 1. The molecule has 0 saturated heterocycles. The van der Waals surface area contributed by atoms with Gasteiger partial charge in [-0.3, -0.25) is 4.79 Å². The molecule has 1 N–H and O–H groups in total. The van der Waals surface area contributed by atoms with Crippen LogP contribution in [-0.2, 0) is 11.2 Å². The molecule has 7 heteroatoms. The number of nitrogens with zero attached hydrogens (tertiary/aromatic N) is 2. The Hall–Kier alpha value is -2.23. The van der Waals surface area contributed by atoms with E-state index in [9.17, 15) is 13.6 Å². The summed E-state index contributed by atoms with van der Waals surface area (Å²) < 4.78 is 29.7. The van der Waals surface area contributed by atoms with Gasteiger partial charge in [-0.25, -0.2) is 13.8 Å². The van der Waals surface area contributed by atoms with Gasteiger partial charge in [-0.1, -0.05) is 0 Å². The maximum absolute atomic E-state index is 12.5. The van der Waals surface area contributed by atoms with Crippen LogP contribution >= 0.6 is 0 Å². The number of halogens is 2. The Labute approximate surface area is 95.3 Å². The second kappa shape index (κ2) is 5.21. The summed E-state index contributed by atoms with van der Waals surface area (Å²) in [5.74, 6) is -1.52. The average molecular weight is 242 g/mol. The van der Waals surface area contributed by atoms with Gasteiger partial charge in [-0.15, -0.1) is 0 Å². The molecule has 0 amide bonds. The monoisotopic (exact) mass is 242 g/mol. The lowest BCUT2D eigenvalue weighted by Gasteiger charge is -2.09. The van der Waals surface area contributed by atoms with Crippen molar-refractivity contribution >= 4 is 5.97 Å². The number of hydrogen-bond acceptors (Lipinski definition) is 4. The van der Waals surface area contributed by atoms with E-state index in [2.05, 4.69) is 9.72 Å². The van der Waals surface area contributed by atoms with Gasteiger partial charge in [0.1, 0.15) is 17.3 Å². The molecular weight excluding hydrogens is 234 g/mol. The highest BCUT2D eigenvalue weighted by Crippen LogP contribution is 2.26. The zero-order valence-electron chi connectivity index (χ0n) is 8.78. The molecule has 1 aromatic rings. The molecule has 0 aliphatic rings. The number of carboxylic acids is 1. The number of rotatable bonds is 4. The van der Waals surface area contributed by atoms with Crippen molar-refractivity contribution in [1.29, 1.82) is 5.26 Å². The molecule has 0 unspecified atom stereocenters. The highest BCUT2D eigenvalue weighted by molar-refractivity contribution is 5.72. The molecule has 0 aliphatic carbocycles. The molecule has 90 valence electrons. The van der Waals surface area contributed by atoms with E-state index >= 15 is 0 Å². The Bertz CT molecular complexity index is 483. The van der Waals surface area contributed by atoms with E-state index < -0.39 is 24.5 Å². The lowest BCUT2D eigenvalue weighted by Crippen LogP contribution is -2.07. The number of hydrogen-bond donors (Lipinski definition) is 1. The number of pyridine rings is 1. The Balaban J connectivity index is 3.38. The standard InChI is InChI=1S/C10H8F2N2O3/c1-17-10-6(4-13)5(3-8(15)16)2-7(14-10)9(11)12/h2,9H,3H2,1H3,(H,15,16). The van der Waals surface area contributed by atoms with E-state index in [1.165, 1.54) is 7.11 Å². The average Bonchev–Trinajstić information content (AvgIpc) is 2.26. The third-order valence-electron chi connectivity index (χ3n) is 1.96. The first-order valence-corrected chi connectivity index (χ1v) is 4.47. The molecule has 0 bridgehead atoms. The van der Waals surface area contributed by atoms with Gasteiger partial charge >= 0.3 is 5.97 Å². The highest BCUT2D eigenvalue weighted by Gasteiger charge is 2.19. The Morgan fingerprint density at radius 1 is 1.71 bits per heavy atom. The molecule has 5 nitrogen and oxygen atoms in total. The third kappa shape index (κ3) is 2.87. The number of methoxy groups -OCH3 is 1. The van der Waals surface area contributed by atoms with Crippen molar-refractivity contribution in [1.82, 2.24) is 4.98 Å². The molecule has 0 spiro atoms. The first-order valence-electron chi connectivity index (χ1n) is 4.47. The Kier molecular flexibility index (Phi) is 3.93. The summed E-state index contributed by atoms with van der Waals surface area (Å²) in [4.78, 5) is 14.0. The molecule has 0 atom stereocenters. The zero-order chi connectivity index (χ0) is 13.0. The van der Waals surface area contributed by atoms with Crippen molar-refractivity contribution in [3.8, 4) is 11.9 Å². The van der Waals surface area contributed by atoms with Gasteiger partial charge in [-0.05, 0) is 11.6 Å². The minimum atomic E-state index is -2.86. The SMILES string of the molecule is COc1nc(C(F)F)cc(CC(=O)O)c1C#N. The summed E-state index contributed by atoms with van der Waals surface area (Å²) in [5.41, 5.74) is -0.793. The normalized spacial score (nSPS) is 10.1. The van der Waals surface area contributed by atoms with Gasteiger partial charge in [0.25, 0.3) is 6.43 Å². The van der Waals surface area contributed by atoms with E-state index in [4.69, 9.17) is 10.4 Å². The van der Waals surface area contributed by atoms with Gasteiger partial charge in [0.05, 0.1) is 13.5 Å². The molecule has 17 heavy (non-hydrogen) atoms. The van der Waals surface area contributed by atoms with E-state index in [1.807, 2.05) is 0 Å². The second-order valence-electron chi connectivity index (χ2n) is 3.07. The fourth-order valence-corrected chi connectivity index (χ4v) is 1.27. The summed E-state index contributed by atoms with van der Waals surface area (Å²) in [6.45, 7) is 0. The molecule has 0 aliphatic heterocycles. The van der Waals surface area contributed by atoms with Gasteiger partial charge < -0.3 is 9.84 Å². The smallest absolute Gasteiger partial charge is 0.307 e. The predicted octanol–water partition coefficient (Wildman–Crippen LogP) is 1.53. The lowest BCUT2D eigenvalue weighted by atomic mass is 10.1. The van der Waals surface area contributed by atoms with Crippen LogP contribution in [0.15, 0.2) is 6.07 Å². The Morgan fingerprint density at radius 3 is 2.76 bits per heavy atom. The quantitative estimate of drug-likeness (QED) is 0.865. The molecule has 1 rings (SSSR count). The molecule has 0 aromatic carbocycles. The zero-order valence-corrected chi connectivity index (χ0v) is 8.78. The topological polar surface area (TPSA) is 83.2 Å². The van der Waals surface area contributed by atoms with Gasteiger partial charge in [0, 0.05) is 0 Å². The van der Waals surface area contributed by atoms with Crippen molar-refractivity contribution in [2.75, 3.05) is 7.11 Å². The number of alkyl halides is 2. The van der Waals surface area contributed by atoms with Crippen LogP contribution in [0.4, 0.5) is 8.78 Å². The van der Waals surface area contributed by atoms with Crippen molar-refractivity contribution in [3.63, 3.8) is 0 Å². The summed E-state index contributed by atoms with van der Waals surface area (Å²) in [5, 5.41) is 17.4. The first-order chi connectivity index (χ1) is 7.99. The van der Waals surface area contributed by atoms with Crippen molar-refractivity contribution in [3.05, 3.63) is 22.9 Å². The molecule has 1 heterocycles. The van der Waals surface area contributed by atoms with Crippen molar-refractivity contribution in [2.24, 2.45) is 0 Å². The molecule has 0 saturated carbocycles. The van der Waals surface area contributed by atoms with E-state index in [-0.39, 0.29) is 17.0 Å². The number of carbonyl (C=O) groups is 1. The van der Waals surface area contributed by atoms with E-state index in [1.54, 1.807) is 6.07 Å². The first kappa shape index (κ1) is 12.8. The fraction of sp³-hybridized carbons (Fsp3) is 0.300. The number of ether oxygens (including phenoxy) is 1. The summed E-state index contributed by atoms with van der Waals surface area (Å²) in [7, 11) is 1.17. The van der Waals surface area contributed by atoms with Crippen LogP contribution in [0, 0.1) is 11.3 Å². The maximum atomic E-state index is 12.5. The highest BCUT2D eigenvalue weighted by atomic mass is 19.3. The van der Waals surface area contributed by atoms with Crippen LogP contribution in [0.5, 0.6) is 5.88 Å². The molecular formula is C10H8F2N2O3. The van der Waals surface area contributed by atoms with Crippen molar-refractivity contribution in [2.45, 2.75) is 12.8 Å². The second-order valence-corrected chi connectivity index (χ2v) is 3.07. The van der Waals surface area contributed by atoms with Gasteiger partial charge in [-0.2, -0.15) is 5.26 Å².